The van der Waals surface area contributed by atoms with Crippen molar-refractivity contribution < 1.29 is 27.6 Å². The van der Waals surface area contributed by atoms with Gasteiger partial charge < -0.3 is 20.8 Å². The maximum Gasteiger partial charge on any atom is 0.340 e. The number of nitrogens with two attached hydrogens (primary N) is 1. The standard InChI is InChI=1S/C20H21N4O6PS/c1-12-3-8-16(13(2)9-12)17-10-22-19(21)18(24-17)20(25)23-14-4-6-15(7-5-14)32(29,30)11-31(26,27)28/h3-10H,11H2,1-2H3,(H2,21,22)(H,23,25)(H2,26,27,28). The van der Waals surface area contributed by atoms with Crippen LogP contribution in [0.2, 0.25) is 0 Å². The zero-order valence-electron chi connectivity index (χ0n) is 17.2. The summed E-state index contributed by atoms with van der Waals surface area (Å²) >= 11 is 0. The van der Waals surface area contributed by atoms with Gasteiger partial charge in [-0.15, -0.1) is 0 Å². The lowest BCUT2D eigenvalue weighted by Gasteiger charge is -2.11. The van der Waals surface area contributed by atoms with Gasteiger partial charge in [-0.05, 0) is 43.7 Å². The Kier molecular flexibility index (Phi) is 6.47. The Bertz CT molecular complexity index is 1340. The number of hydrogen-bond donors (Lipinski definition) is 4. The number of carbonyl (C=O) groups is 1. The smallest absolute Gasteiger partial charge is 0.340 e. The van der Waals surface area contributed by atoms with Crippen LogP contribution >= 0.6 is 7.60 Å². The maximum atomic E-state index is 12.7. The van der Waals surface area contributed by atoms with Gasteiger partial charge in [-0.1, -0.05) is 23.8 Å². The van der Waals surface area contributed by atoms with Crippen molar-refractivity contribution in [2.45, 2.75) is 18.7 Å². The molecule has 3 rings (SSSR count). The Balaban J connectivity index is 1.84. The highest BCUT2D eigenvalue weighted by molar-refractivity contribution is 7.97. The minimum Gasteiger partial charge on any atom is -0.382 e. The summed E-state index contributed by atoms with van der Waals surface area (Å²) in [5.41, 5.74) is 8.00. The van der Waals surface area contributed by atoms with E-state index in [1.807, 2.05) is 32.0 Å². The van der Waals surface area contributed by atoms with Crippen molar-refractivity contribution in [3.8, 4) is 11.3 Å². The molecule has 0 radical (unpaired) electrons. The van der Waals surface area contributed by atoms with Crippen molar-refractivity contribution in [2.75, 3.05) is 16.5 Å². The summed E-state index contributed by atoms with van der Waals surface area (Å²) < 4.78 is 35.1. The summed E-state index contributed by atoms with van der Waals surface area (Å²) in [7, 11) is -8.94. The fourth-order valence-corrected chi connectivity index (χ4v) is 5.95. The first kappa shape index (κ1) is 23.6. The summed E-state index contributed by atoms with van der Waals surface area (Å²) in [6, 6.07) is 10.6. The summed E-state index contributed by atoms with van der Waals surface area (Å²) in [5.74, 6) is -0.718. The quantitative estimate of drug-likeness (QED) is 0.390. The predicted octanol–water partition coefficient (Wildman–Crippen LogP) is 2.50. The number of nitrogens with one attached hydrogen (secondary N) is 1. The van der Waals surface area contributed by atoms with Crippen LogP contribution in [-0.2, 0) is 14.4 Å². The van der Waals surface area contributed by atoms with E-state index in [4.69, 9.17) is 15.5 Å². The number of nitrogens with zero attached hydrogens (tertiary/aromatic N) is 2. The van der Waals surface area contributed by atoms with Crippen LogP contribution in [0.3, 0.4) is 0 Å². The van der Waals surface area contributed by atoms with E-state index in [0.717, 1.165) is 28.8 Å². The lowest BCUT2D eigenvalue weighted by molar-refractivity contribution is 0.102. The van der Waals surface area contributed by atoms with E-state index in [0.29, 0.717) is 5.69 Å². The molecule has 168 valence electrons. The van der Waals surface area contributed by atoms with Crippen LogP contribution in [0.25, 0.3) is 11.3 Å². The topological polar surface area (TPSA) is 173 Å². The summed E-state index contributed by atoms with van der Waals surface area (Å²) in [4.78, 5) is 38.7. The number of anilines is 2. The van der Waals surface area contributed by atoms with Crippen molar-refractivity contribution in [1.82, 2.24) is 9.97 Å². The fourth-order valence-electron chi connectivity index (χ4n) is 3.03. The van der Waals surface area contributed by atoms with Gasteiger partial charge in [0.2, 0.25) is 0 Å². The number of sulfone groups is 1. The molecule has 0 atom stereocenters. The number of benzene rings is 2. The monoisotopic (exact) mass is 476 g/mol. The Morgan fingerprint density at radius 2 is 1.78 bits per heavy atom. The van der Waals surface area contributed by atoms with Crippen molar-refractivity contribution in [3.63, 3.8) is 0 Å². The van der Waals surface area contributed by atoms with Crippen molar-refractivity contribution in [3.05, 3.63) is 65.5 Å². The van der Waals surface area contributed by atoms with Gasteiger partial charge in [0.05, 0.1) is 16.8 Å². The van der Waals surface area contributed by atoms with Gasteiger partial charge in [0, 0.05) is 11.3 Å². The van der Waals surface area contributed by atoms with Gasteiger partial charge >= 0.3 is 7.60 Å². The van der Waals surface area contributed by atoms with Crippen molar-refractivity contribution in [2.24, 2.45) is 0 Å². The molecular weight excluding hydrogens is 455 g/mol. The van der Waals surface area contributed by atoms with E-state index in [9.17, 15) is 17.8 Å². The number of rotatable bonds is 6. The van der Waals surface area contributed by atoms with E-state index in [1.54, 1.807) is 0 Å². The SMILES string of the molecule is Cc1ccc(-c2cnc(N)c(C(=O)Nc3ccc(S(=O)(=O)CP(=O)(O)O)cc3)n2)c(C)c1. The molecule has 0 aliphatic heterocycles. The second kappa shape index (κ2) is 8.79. The molecule has 0 bridgehead atoms. The number of aryl methyl sites for hydroxylation is 2. The van der Waals surface area contributed by atoms with Crippen molar-refractivity contribution >= 4 is 34.8 Å². The molecule has 0 saturated carbocycles. The summed E-state index contributed by atoms with van der Waals surface area (Å²) in [5, 5.41) is 2.56. The van der Waals surface area contributed by atoms with Gasteiger partial charge in [0.25, 0.3) is 5.91 Å². The molecule has 2 aromatic carbocycles. The molecule has 10 nitrogen and oxygen atoms in total. The molecule has 5 N–H and O–H groups in total. The molecule has 0 spiro atoms. The molecule has 3 aromatic rings. The zero-order valence-corrected chi connectivity index (χ0v) is 18.9. The highest BCUT2D eigenvalue weighted by Crippen LogP contribution is 2.38. The summed E-state index contributed by atoms with van der Waals surface area (Å²) in [6.45, 7) is 3.88. The third-order valence-electron chi connectivity index (χ3n) is 4.48. The lowest BCUT2D eigenvalue weighted by atomic mass is 10.0. The van der Waals surface area contributed by atoms with Gasteiger partial charge in [0.1, 0.15) is 0 Å². The Hall–Kier alpha value is -3.11. The average molecular weight is 476 g/mol. The van der Waals surface area contributed by atoms with E-state index in [-0.39, 0.29) is 22.1 Å². The molecule has 0 fully saturated rings. The zero-order chi connectivity index (χ0) is 23.7. The normalized spacial score (nSPS) is 11.9. The van der Waals surface area contributed by atoms with E-state index >= 15 is 0 Å². The van der Waals surface area contributed by atoms with E-state index in [2.05, 4.69) is 15.3 Å². The first-order valence-electron chi connectivity index (χ1n) is 9.24. The van der Waals surface area contributed by atoms with Crippen LogP contribution in [0, 0.1) is 13.8 Å². The molecule has 1 aromatic heterocycles. The molecule has 0 aliphatic rings. The molecule has 12 heteroatoms. The second-order valence-electron chi connectivity index (χ2n) is 7.19. The molecule has 0 unspecified atom stereocenters. The number of amides is 1. The number of aromatic nitrogens is 2. The highest BCUT2D eigenvalue weighted by atomic mass is 32.2. The van der Waals surface area contributed by atoms with Crippen LogP contribution in [0.4, 0.5) is 11.5 Å². The molecule has 0 aliphatic carbocycles. The molecule has 1 amide bonds. The molecule has 1 heterocycles. The fraction of sp³-hybridized carbons (Fsp3) is 0.150. The van der Waals surface area contributed by atoms with Crippen molar-refractivity contribution in [1.29, 1.82) is 0 Å². The van der Waals surface area contributed by atoms with Crippen LogP contribution < -0.4 is 11.1 Å². The third kappa shape index (κ3) is 5.57. The molecule has 32 heavy (non-hydrogen) atoms. The predicted molar refractivity (Wildman–Crippen MR) is 120 cm³/mol. The van der Waals surface area contributed by atoms with Crippen LogP contribution in [0.5, 0.6) is 0 Å². The first-order valence-corrected chi connectivity index (χ1v) is 12.7. The largest absolute Gasteiger partial charge is 0.382 e. The van der Waals surface area contributed by atoms with E-state index in [1.165, 1.54) is 18.3 Å². The number of carbonyl (C=O) groups excluding carboxylic acids is 1. The third-order valence-corrected chi connectivity index (χ3v) is 8.18. The Labute approximate surface area is 184 Å². The second-order valence-corrected chi connectivity index (χ2v) is 11.3. The van der Waals surface area contributed by atoms with Crippen LogP contribution in [-0.4, -0.2) is 39.6 Å². The molecule has 0 saturated heterocycles. The number of nitrogen functional groups attached to an aromatic ring is 1. The minimum atomic E-state index is -4.76. The molecular formula is C20H21N4O6PS. The van der Waals surface area contributed by atoms with E-state index < -0.39 is 28.8 Å². The van der Waals surface area contributed by atoms with Gasteiger partial charge in [-0.25, -0.2) is 18.4 Å². The van der Waals surface area contributed by atoms with Gasteiger partial charge in [0.15, 0.2) is 26.8 Å². The van der Waals surface area contributed by atoms with Crippen LogP contribution in [0.15, 0.2) is 53.6 Å². The number of hydrogen-bond acceptors (Lipinski definition) is 7. The first-order chi connectivity index (χ1) is 14.9. The van der Waals surface area contributed by atoms with Gasteiger partial charge in [-0.3, -0.25) is 9.36 Å². The highest BCUT2D eigenvalue weighted by Gasteiger charge is 2.26. The Morgan fingerprint density at radius 1 is 1.12 bits per heavy atom. The van der Waals surface area contributed by atoms with Gasteiger partial charge in [-0.2, -0.15) is 0 Å². The summed E-state index contributed by atoms with van der Waals surface area (Å²) in [6.07, 6.45) is 1.48. The lowest BCUT2D eigenvalue weighted by Crippen LogP contribution is -2.17. The average Bonchev–Trinajstić information content (AvgIpc) is 2.67. The Morgan fingerprint density at radius 3 is 2.38 bits per heavy atom. The van der Waals surface area contributed by atoms with Crippen LogP contribution in [0.1, 0.15) is 21.6 Å². The maximum absolute atomic E-state index is 12.7. The minimum absolute atomic E-state index is 0.0724.